The molecular formula is C2H4Cl5N4P3. The Balaban J connectivity index is 2.61. The largest absolute Gasteiger partial charge is 0.257 e. The fourth-order valence-corrected chi connectivity index (χ4v) is 18.6. The number of nitrogens with zero attached hydrogens (tertiary/aromatic N) is 4. The smallest absolute Gasteiger partial charge is 0.237 e. The highest BCUT2D eigenvalue weighted by Crippen LogP contribution is 2.87. The normalized spacial score (nSPS) is 39.2. The molecule has 0 bridgehead atoms. The van der Waals surface area contributed by atoms with Crippen molar-refractivity contribution in [2.24, 2.45) is 13.5 Å². The first-order valence-corrected chi connectivity index (χ1v) is 12.9. The van der Waals surface area contributed by atoms with Gasteiger partial charge in [-0.05, 0) is 56.2 Å². The van der Waals surface area contributed by atoms with Crippen LogP contribution in [-0.4, -0.2) is 17.8 Å². The molecule has 2 rings (SSSR count). The van der Waals surface area contributed by atoms with Gasteiger partial charge in [-0.1, -0.05) is 0 Å². The summed E-state index contributed by atoms with van der Waals surface area (Å²) in [7, 11) is 0. The molecule has 0 aromatic rings. The van der Waals surface area contributed by atoms with Crippen LogP contribution >= 0.6 is 74.7 Å². The maximum Gasteiger partial charge on any atom is 0.257 e. The lowest BCUT2D eigenvalue weighted by atomic mass is 11.0. The molecule has 0 aromatic heterocycles. The molecule has 0 saturated carbocycles. The van der Waals surface area contributed by atoms with Crippen molar-refractivity contribution in [2.45, 2.75) is 0 Å². The first-order valence-electron chi connectivity index (χ1n) is 3.38. The van der Waals surface area contributed by atoms with Crippen LogP contribution in [0, 0.1) is 0 Å². The van der Waals surface area contributed by atoms with E-state index in [2.05, 4.69) is 13.5 Å². The second kappa shape index (κ2) is 3.80. The number of hydrogen-bond donors (Lipinski definition) is 0. The van der Waals surface area contributed by atoms with E-state index in [1.807, 2.05) is 4.67 Å². The van der Waals surface area contributed by atoms with Crippen LogP contribution in [-0.2, 0) is 0 Å². The van der Waals surface area contributed by atoms with E-state index in [4.69, 9.17) is 56.2 Å². The second-order valence-corrected chi connectivity index (χ2v) is 16.2. The molecule has 12 heteroatoms. The Morgan fingerprint density at radius 1 is 0.786 bits per heavy atom. The molecule has 2 heterocycles. The van der Waals surface area contributed by atoms with E-state index >= 15 is 0 Å². The lowest BCUT2D eigenvalue weighted by Crippen LogP contribution is -1.85. The van der Waals surface area contributed by atoms with E-state index in [-0.39, 0.29) is 0 Å². The molecule has 0 N–H and O–H groups in total. The third kappa shape index (κ3) is 2.86. The van der Waals surface area contributed by atoms with Gasteiger partial charge in [-0.25, -0.2) is 4.67 Å². The van der Waals surface area contributed by atoms with Gasteiger partial charge < -0.3 is 0 Å². The first-order chi connectivity index (χ1) is 6.23. The van der Waals surface area contributed by atoms with Crippen molar-refractivity contribution < 1.29 is 0 Å². The summed E-state index contributed by atoms with van der Waals surface area (Å²) in [5, 5.41) is 0. The summed E-state index contributed by atoms with van der Waals surface area (Å²) in [4.78, 5) is 0. The van der Waals surface area contributed by atoms with Crippen molar-refractivity contribution in [2.75, 3.05) is 13.1 Å². The summed E-state index contributed by atoms with van der Waals surface area (Å²) in [5.41, 5.74) is 0. The molecule has 1 fully saturated rings. The Morgan fingerprint density at radius 2 is 1.29 bits per heavy atom. The van der Waals surface area contributed by atoms with E-state index < -0.39 is 18.5 Å². The van der Waals surface area contributed by atoms with Gasteiger partial charge >= 0.3 is 0 Å². The molecule has 1 unspecified atom stereocenters. The van der Waals surface area contributed by atoms with E-state index in [0.29, 0.717) is 0 Å². The molecule has 0 aliphatic carbocycles. The Labute approximate surface area is 106 Å². The van der Waals surface area contributed by atoms with Gasteiger partial charge in [0, 0.05) is 13.1 Å². The second-order valence-electron chi connectivity index (χ2n) is 2.63. The van der Waals surface area contributed by atoms with Crippen LogP contribution < -0.4 is 0 Å². The van der Waals surface area contributed by atoms with Gasteiger partial charge in [-0.15, -0.1) is 0 Å². The average molecular weight is 354 g/mol. The summed E-state index contributed by atoms with van der Waals surface area (Å²) >= 11 is 29.7. The van der Waals surface area contributed by atoms with Gasteiger partial charge in [-0.3, -0.25) is 0 Å². The van der Waals surface area contributed by atoms with Gasteiger partial charge in [0.2, 0.25) is 6.71 Å². The van der Waals surface area contributed by atoms with Crippen LogP contribution in [0.4, 0.5) is 0 Å². The van der Waals surface area contributed by atoms with E-state index in [1.165, 1.54) is 0 Å². The minimum Gasteiger partial charge on any atom is -0.237 e. The van der Waals surface area contributed by atoms with E-state index in [0.717, 1.165) is 13.1 Å². The average Bonchev–Trinajstić information content (AvgIpc) is 2.53. The third-order valence-electron chi connectivity index (χ3n) is 1.44. The lowest BCUT2D eigenvalue weighted by molar-refractivity contribution is 0.920. The summed E-state index contributed by atoms with van der Waals surface area (Å²) < 4.78 is 13.8. The zero-order chi connectivity index (χ0) is 10.6. The zero-order valence-electron chi connectivity index (χ0n) is 6.43. The minimum absolute atomic E-state index is 0.825. The van der Waals surface area contributed by atoms with E-state index in [1.54, 1.807) is 0 Å². The van der Waals surface area contributed by atoms with Crippen molar-refractivity contribution in [1.29, 1.82) is 0 Å². The van der Waals surface area contributed by atoms with Crippen molar-refractivity contribution in [1.82, 2.24) is 4.67 Å². The van der Waals surface area contributed by atoms with Crippen molar-refractivity contribution in [3.8, 4) is 0 Å². The van der Waals surface area contributed by atoms with Gasteiger partial charge in [0.25, 0.3) is 11.8 Å². The lowest BCUT2D eigenvalue weighted by Gasteiger charge is -2.21. The molecular weight excluding hydrogens is 350 g/mol. The van der Waals surface area contributed by atoms with Gasteiger partial charge in [0.1, 0.15) is 0 Å². The Bertz CT molecular complexity index is 419. The molecule has 0 aromatic carbocycles. The molecule has 0 radical (unpaired) electrons. The zero-order valence-corrected chi connectivity index (χ0v) is 12.9. The minimum atomic E-state index is -2.83. The molecule has 4 nitrogen and oxygen atoms in total. The Morgan fingerprint density at radius 3 is 1.71 bits per heavy atom. The van der Waals surface area contributed by atoms with Crippen LogP contribution in [0.2, 0.25) is 0 Å². The fourth-order valence-electron chi connectivity index (χ4n) is 0.869. The highest BCUT2D eigenvalue weighted by atomic mass is 35.9. The molecule has 14 heavy (non-hydrogen) atoms. The highest BCUT2D eigenvalue weighted by Gasteiger charge is 2.41. The van der Waals surface area contributed by atoms with Crippen LogP contribution in [0.3, 0.4) is 0 Å². The van der Waals surface area contributed by atoms with Crippen molar-refractivity contribution in [3.05, 3.63) is 0 Å². The predicted molar refractivity (Wildman–Crippen MR) is 68.9 cm³/mol. The van der Waals surface area contributed by atoms with Gasteiger partial charge in [0.15, 0.2) is 0 Å². The molecule has 2 aliphatic rings. The number of halogens is 5. The van der Waals surface area contributed by atoms with Crippen molar-refractivity contribution >= 4 is 74.7 Å². The predicted octanol–water partition coefficient (Wildman–Crippen LogP) is 6.35. The summed E-state index contributed by atoms with van der Waals surface area (Å²) in [6.45, 7) is -0.884. The molecule has 2 aliphatic heterocycles. The monoisotopic (exact) mass is 352 g/mol. The molecule has 1 saturated heterocycles. The standard InChI is InChI=1S/C2H4Cl5N4P3/c3-12(4)8-13(5,6)10-14(7,9-12)11-1-2-11/h1-2H2. The Kier molecular flexibility index (Phi) is 3.41. The topological polar surface area (TPSA) is 40.1 Å². The van der Waals surface area contributed by atoms with E-state index in [9.17, 15) is 0 Å². The SMILES string of the molecule is ClP1(Cl)=NP(Cl)(Cl)=NP(Cl)(N2CC2)=N1. The summed E-state index contributed by atoms with van der Waals surface area (Å²) in [6.07, 6.45) is 0. The third-order valence-corrected chi connectivity index (χ3v) is 14.6. The van der Waals surface area contributed by atoms with Gasteiger partial charge in [-0.2, -0.15) is 13.5 Å². The van der Waals surface area contributed by atoms with Gasteiger partial charge in [0.05, 0.1) is 0 Å². The maximum atomic E-state index is 6.20. The summed E-state index contributed by atoms with van der Waals surface area (Å²) in [6, 6.07) is 0. The fraction of sp³-hybridized carbons (Fsp3) is 1.00. The summed E-state index contributed by atoms with van der Waals surface area (Å²) in [5.74, 6) is -5.66. The maximum absolute atomic E-state index is 6.20. The highest BCUT2D eigenvalue weighted by molar-refractivity contribution is 8.22. The Hall–Kier alpha value is 2.10. The molecule has 0 spiro atoms. The van der Waals surface area contributed by atoms with Crippen LogP contribution in [0.1, 0.15) is 0 Å². The molecule has 82 valence electrons. The van der Waals surface area contributed by atoms with Crippen LogP contribution in [0.15, 0.2) is 13.5 Å². The quantitative estimate of drug-likeness (QED) is 0.400. The number of hydrogen-bond acceptors (Lipinski definition) is 4. The van der Waals surface area contributed by atoms with Crippen LogP contribution in [0.5, 0.6) is 0 Å². The molecule has 1 atom stereocenters. The van der Waals surface area contributed by atoms with Crippen molar-refractivity contribution in [3.63, 3.8) is 0 Å². The number of rotatable bonds is 1. The molecule has 0 amide bonds. The van der Waals surface area contributed by atoms with Crippen LogP contribution in [0.25, 0.3) is 0 Å². The first kappa shape index (κ1) is 12.6.